The predicted molar refractivity (Wildman–Crippen MR) is 149 cm³/mol. The van der Waals surface area contributed by atoms with E-state index < -0.39 is 0 Å². The number of aromatic amines is 1. The van der Waals surface area contributed by atoms with Crippen molar-refractivity contribution in [3.05, 3.63) is 66.0 Å². The van der Waals surface area contributed by atoms with Crippen LogP contribution in [0.4, 0.5) is 0 Å². The van der Waals surface area contributed by atoms with Gasteiger partial charge in [-0.15, -0.1) is 10.2 Å². The number of ether oxygens (including phenoxy) is 1. The van der Waals surface area contributed by atoms with Gasteiger partial charge in [0.2, 0.25) is 5.82 Å². The molecule has 0 spiro atoms. The highest BCUT2D eigenvalue weighted by Gasteiger charge is 2.39. The van der Waals surface area contributed by atoms with Gasteiger partial charge < -0.3 is 19.4 Å². The highest BCUT2D eigenvalue weighted by molar-refractivity contribution is 6.00. The lowest BCUT2D eigenvalue weighted by Gasteiger charge is -2.41. The first-order chi connectivity index (χ1) is 18.4. The van der Waals surface area contributed by atoms with Gasteiger partial charge in [0.05, 0.1) is 12.4 Å². The van der Waals surface area contributed by atoms with E-state index in [0.717, 1.165) is 42.3 Å². The van der Waals surface area contributed by atoms with Gasteiger partial charge in [0.15, 0.2) is 5.84 Å². The smallest absolute Gasteiger partial charge is 0.205 e. The van der Waals surface area contributed by atoms with E-state index in [1.807, 2.05) is 18.2 Å². The molecule has 5 rings (SSSR count). The molecule has 0 bridgehead atoms. The summed E-state index contributed by atoms with van der Waals surface area (Å²) < 4.78 is 5.69. The van der Waals surface area contributed by atoms with E-state index in [4.69, 9.17) is 9.73 Å². The van der Waals surface area contributed by atoms with E-state index >= 15 is 0 Å². The largest absolute Gasteiger partial charge is 0.362 e. The fourth-order valence-electron chi connectivity index (χ4n) is 5.19. The second kappa shape index (κ2) is 10.9. The molecule has 2 aromatic carbocycles. The SMILES string of the molecule is COC(C)N1C=C2C(=NC(C(C)C)N2Cc2ccc(-c3ccccc3-c3nn[nH]n3)cc2)N(CC(C)C)C1. The maximum Gasteiger partial charge on any atom is 0.205 e. The summed E-state index contributed by atoms with van der Waals surface area (Å²) in [6.07, 6.45) is 2.31. The molecule has 0 radical (unpaired) electrons. The van der Waals surface area contributed by atoms with Gasteiger partial charge in [-0.3, -0.25) is 0 Å². The van der Waals surface area contributed by atoms with Crippen LogP contribution in [0.5, 0.6) is 0 Å². The van der Waals surface area contributed by atoms with Crippen molar-refractivity contribution in [3.63, 3.8) is 0 Å². The van der Waals surface area contributed by atoms with E-state index in [0.29, 0.717) is 17.7 Å². The summed E-state index contributed by atoms with van der Waals surface area (Å²) in [5, 5.41) is 14.6. The van der Waals surface area contributed by atoms with Crippen LogP contribution in [-0.4, -0.2) is 73.9 Å². The monoisotopic (exact) mass is 514 g/mol. The number of hydrogen-bond acceptors (Lipinski definition) is 8. The minimum atomic E-state index is -0.0165. The molecule has 2 atom stereocenters. The maximum atomic E-state index is 5.69. The summed E-state index contributed by atoms with van der Waals surface area (Å²) >= 11 is 0. The molecular weight excluding hydrogens is 476 g/mol. The first kappa shape index (κ1) is 25.9. The van der Waals surface area contributed by atoms with Crippen molar-refractivity contribution in [2.45, 2.75) is 53.6 Å². The van der Waals surface area contributed by atoms with E-state index in [1.54, 1.807) is 7.11 Å². The fraction of sp³-hybridized carbons (Fsp3) is 0.448. The molecule has 200 valence electrons. The molecule has 38 heavy (non-hydrogen) atoms. The van der Waals surface area contributed by atoms with Gasteiger partial charge in [0.1, 0.15) is 12.4 Å². The Bertz CT molecular complexity index is 1280. The number of aliphatic imine (C=N–C) groups is 1. The van der Waals surface area contributed by atoms with Crippen molar-refractivity contribution >= 4 is 5.84 Å². The maximum absolute atomic E-state index is 5.69. The van der Waals surface area contributed by atoms with Crippen molar-refractivity contribution in [1.29, 1.82) is 0 Å². The second-order valence-corrected chi connectivity index (χ2v) is 10.8. The summed E-state index contributed by atoms with van der Waals surface area (Å²) in [5.74, 6) is 2.61. The van der Waals surface area contributed by atoms with Gasteiger partial charge in [-0.1, -0.05) is 76.2 Å². The van der Waals surface area contributed by atoms with Crippen LogP contribution in [-0.2, 0) is 11.3 Å². The van der Waals surface area contributed by atoms with Crippen LogP contribution < -0.4 is 0 Å². The van der Waals surface area contributed by atoms with Crippen molar-refractivity contribution in [3.8, 4) is 22.5 Å². The number of fused-ring (bicyclic) bond motifs is 1. The first-order valence-corrected chi connectivity index (χ1v) is 13.4. The minimum Gasteiger partial charge on any atom is -0.362 e. The van der Waals surface area contributed by atoms with Crippen molar-refractivity contribution in [2.24, 2.45) is 16.8 Å². The Morgan fingerprint density at radius 1 is 1.00 bits per heavy atom. The summed E-state index contributed by atoms with van der Waals surface area (Å²) in [7, 11) is 1.77. The van der Waals surface area contributed by atoms with Crippen LogP contribution in [0, 0.1) is 11.8 Å². The molecule has 2 aliphatic heterocycles. The van der Waals surface area contributed by atoms with E-state index in [1.165, 1.54) is 11.3 Å². The van der Waals surface area contributed by atoms with Gasteiger partial charge in [-0.2, -0.15) is 5.21 Å². The molecule has 1 N–H and O–H groups in total. The average Bonchev–Trinajstić information content (AvgIpc) is 3.57. The summed E-state index contributed by atoms with van der Waals surface area (Å²) in [6, 6.07) is 16.9. The van der Waals surface area contributed by atoms with Crippen LogP contribution in [0.15, 0.2) is 65.4 Å². The van der Waals surface area contributed by atoms with Gasteiger partial charge >= 0.3 is 0 Å². The third-order valence-electron chi connectivity index (χ3n) is 7.16. The molecule has 0 saturated heterocycles. The Morgan fingerprint density at radius 2 is 1.74 bits per heavy atom. The van der Waals surface area contributed by atoms with Crippen molar-refractivity contribution in [1.82, 2.24) is 35.3 Å². The Hall–Kier alpha value is -3.72. The summed E-state index contributed by atoms with van der Waals surface area (Å²) in [4.78, 5) is 12.4. The number of tetrazole rings is 1. The Balaban J connectivity index is 1.44. The molecule has 1 aromatic heterocycles. The Kier molecular flexibility index (Phi) is 7.46. The number of amidine groups is 1. The fourth-order valence-corrected chi connectivity index (χ4v) is 5.19. The second-order valence-electron chi connectivity index (χ2n) is 10.8. The number of nitrogens with zero attached hydrogens (tertiary/aromatic N) is 7. The molecule has 0 amide bonds. The number of aromatic nitrogens is 4. The molecule has 2 aliphatic rings. The van der Waals surface area contributed by atoms with Gasteiger partial charge in [0.25, 0.3) is 0 Å². The van der Waals surface area contributed by atoms with Crippen molar-refractivity contribution in [2.75, 3.05) is 20.3 Å². The number of rotatable bonds is 9. The van der Waals surface area contributed by atoms with Crippen LogP contribution in [0.1, 0.15) is 40.2 Å². The zero-order valence-corrected chi connectivity index (χ0v) is 23.2. The highest BCUT2D eigenvalue weighted by atomic mass is 16.5. The van der Waals surface area contributed by atoms with E-state index in [2.05, 4.69) is 106 Å². The highest BCUT2D eigenvalue weighted by Crippen LogP contribution is 2.34. The standard InChI is InChI=1S/C29H38N8O/c1-19(2)15-36-18-35(21(5)38-6)17-26-29(36)30-28(20(3)4)37(26)16-22-11-13-23(14-12-22)24-9-7-8-10-25(24)27-31-33-34-32-27/h7-14,17,19-21,28H,15-16,18H2,1-6H3,(H,31,32,33,34). The average molecular weight is 515 g/mol. The molecule has 0 fully saturated rings. The summed E-state index contributed by atoms with van der Waals surface area (Å²) in [6.45, 7) is 13.6. The third kappa shape index (κ3) is 5.15. The van der Waals surface area contributed by atoms with Crippen molar-refractivity contribution < 1.29 is 4.74 Å². The van der Waals surface area contributed by atoms with Gasteiger partial charge in [0, 0.05) is 32.0 Å². The molecule has 9 nitrogen and oxygen atoms in total. The van der Waals surface area contributed by atoms with E-state index in [-0.39, 0.29) is 12.4 Å². The minimum absolute atomic E-state index is 0.0165. The normalized spacial score (nSPS) is 18.2. The lowest BCUT2D eigenvalue weighted by Crippen LogP contribution is -2.50. The number of hydrogen-bond donors (Lipinski definition) is 1. The van der Waals surface area contributed by atoms with E-state index in [9.17, 15) is 0 Å². The molecule has 0 aliphatic carbocycles. The number of benzene rings is 2. The molecule has 0 saturated carbocycles. The molecular formula is C29H38N8O. The quantitative estimate of drug-likeness (QED) is 0.439. The Morgan fingerprint density at radius 3 is 2.37 bits per heavy atom. The Labute approximate surface area is 225 Å². The predicted octanol–water partition coefficient (Wildman–Crippen LogP) is 4.79. The van der Waals surface area contributed by atoms with Gasteiger partial charge in [-0.05, 0) is 40.7 Å². The molecule has 3 aromatic rings. The topological polar surface area (TPSA) is 85.8 Å². The lowest BCUT2D eigenvalue weighted by molar-refractivity contribution is -0.0125. The van der Waals surface area contributed by atoms with Crippen LogP contribution >= 0.6 is 0 Å². The molecule has 9 heteroatoms. The van der Waals surface area contributed by atoms with Crippen LogP contribution in [0.25, 0.3) is 22.5 Å². The number of nitrogens with one attached hydrogen (secondary N) is 1. The molecule has 2 unspecified atom stereocenters. The van der Waals surface area contributed by atoms with Crippen LogP contribution in [0.2, 0.25) is 0 Å². The lowest BCUT2D eigenvalue weighted by atomic mass is 9.98. The number of H-pyrrole nitrogens is 1. The van der Waals surface area contributed by atoms with Crippen LogP contribution in [0.3, 0.4) is 0 Å². The summed E-state index contributed by atoms with van der Waals surface area (Å²) in [5.41, 5.74) is 5.56. The zero-order valence-electron chi connectivity index (χ0n) is 23.2. The zero-order chi connectivity index (χ0) is 26.8. The molecule has 3 heterocycles. The van der Waals surface area contributed by atoms with Gasteiger partial charge in [-0.25, -0.2) is 4.99 Å². The number of methoxy groups -OCH3 is 1. The third-order valence-corrected chi connectivity index (χ3v) is 7.16. The first-order valence-electron chi connectivity index (χ1n) is 13.4.